The van der Waals surface area contributed by atoms with E-state index in [0.29, 0.717) is 5.92 Å². The minimum absolute atomic E-state index is 0.376. The summed E-state index contributed by atoms with van der Waals surface area (Å²) in [6, 6.07) is 10.3. The molecule has 0 spiro atoms. The first-order chi connectivity index (χ1) is 7.09. The Bertz CT molecular complexity index is 309. The van der Waals surface area contributed by atoms with Crippen LogP contribution in [0, 0.1) is 5.92 Å². The quantitative estimate of drug-likeness (QED) is 0.796. The predicted octanol–water partition coefficient (Wildman–Crippen LogP) is 3.50. The Morgan fingerprint density at radius 1 is 1.20 bits per heavy atom. The summed E-state index contributed by atoms with van der Waals surface area (Å²) in [6.45, 7) is 6.18. The molecule has 1 atom stereocenters. The molecular formula is C14H20O. The van der Waals surface area contributed by atoms with E-state index in [4.69, 9.17) is 0 Å². The van der Waals surface area contributed by atoms with Crippen molar-refractivity contribution >= 4 is 5.57 Å². The van der Waals surface area contributed by atoms with E-state index in [1.165, 1.54) is 11.1 Å². The molecule has 0 aliphatic heterocycles. The number of aliphatic hydroxyl groups excluding tert-OH is 1. The maximum absolute atomic E-state index is 9.42. The number of allylic oxidation sites excluding steroid dienone is 1. The molecule has 15 heavy (non-hydrogen) atoms. The maximum atomic E-state index is 9.42. The van der Waals surface area contributed by atoms with Crippen molar-refractivity contribution in [2.45, 2.75) is 33.3 Å². The van der Waals surface area contributed by atoms with Crippen LogP contribution in [0.1, 0.15) is 32.8 Å². The van der Waals surface area contributed by atoms with Crippen LogP contribution in [0.25, 0.3) is 5.57 Å². The van der Waals surface area contributed by atoms with Crippen LogP contribution in [0.5, 0.6) is 0 Å². The van der Waals surface area contributed by atoms with Gasteiger partial charge in [0, 0.05) is 0 Å². The molecule has 1 aromatic rings. The van der Waals surface area contributed by atoms with Crippen LogP contribution in [0.15, 0.2) is 36.4 Å². The Morgan fingerprint density at radius 3 is 2.27 bits per heavy atom. The molecule has 1 N–H and O–H groups in total. The Hall–Kier alpha value is -1.08. The lowest BCUT2D eigenvalue weighted by atomic mass is 9.95. The Kier molecular flexibility index (Phi) is 4.57. The Balaban J connectivity index is 2.92. The standard InChI is InChI=1S/C14H20O/c1-11(2)9-14(10-12(3)15)13-7-5-4-6-8-13/h4-8,10-12,15H,9H2,1-3H3/b14-10-. The Labute approximate surface area is 92.5 Å². The number of hydrogen-bond donors (Lipinski definition) is 1. The van der Waals surface area contributed by atoms with Gasteiger partial charge in [-0.05, 0) is 30.4 Å². The lowest BCUT2D eigenvalue weighted by molar-refractivity contribution is 0.244. The van der Waals surface area contributed by atoms with Crippen LogP contribution in [0.2, 0.25) is 0 Å². The van der Waals surface area contributed by atoms with Gasteiger partial charge in [-0.3, -0.25) is 0 Å². The zero-order chi connectivity index (χ0) is 11.3. The van der Waals surface area contributed by atoms with E-state index >= 15 is 0 Å². The second-order valence-corrected chi connectivity index (χ2v) is 4.40. The minimum Gasteiger partial charge on any atom is -0.389 e. The van der Waals surface area contributed by atoms with Gasteiger partial charge in [0.15, 0.2) is 0 Å². The van der Waals surface area contributed by atoms with Gasteiger partial charge in [0.1, 0.15) is 0 Å². The van der Waals surface area contributed by atoms with Crippen molar-refractivity contribution in [2.75, 3.05) is 0 Å². The molecule has 0 aromatic heterocycles. The first kappa shape index (κ1) is 12.0. The molecule has 1 aromatic carbocycles. The van der Waals surface area contributed by atoms with E-state index < -0.39 is 0 Å². The van der Waals surface area contributed by atoms with Crippen molar-refractivity contribution in [3.05, 3.63) is 42.0 Å². The normalized spacial score (nSPS) is 14.3. The second-order valence-electron chi connectivity index (χ2n) is 4.40. The summed E-state index contributed by atoms with van der Waals surface area (Å²) in [5.74, 6) is 0.607. The van der Waals surface area contributed by atoms with Gasteiger partial charge in [-0.2, -0.15) is 0 Å². The van der Waals surface area contributed by atoms with Crippen LogP contribution in [0.4, 0.5) is 0 Å². The lowest BCUT2D eigenvalue weighted by Gasteiger charge is -2.11. The first-order valence-corrected chi connectivity index (χ1v) is 5.53. The smallest absolute Gasteiger partial charge is 0.0698 e. The first-order valence-electron chi connectivity index (χ1n) is 5.53. The van der Waals surface area contributed by atoms with Gasteiger partial charge >= 0.3 is 0 Å². The van der Waals surface area contributed by atoms with Crippen LogP contribution < -0.4 is 0 Å². The van der Waals surface area contributed by atoms with E-state index in [-0.39, 0.29) is 6.10 Å². The molecule has 0 fully saturated rings. The Morgan fingerprint density at radius 2 is 1.80 bits per heavy atom. The summed E-state index contributed by atoms with van der Waals surface area (Å²) in [5.41, 5.74) is 2.45. The summed E-state index contributed by atoms with van der Waals surface area (Å²) >= 11 is 0. The molecular weight excluding hydrogens is 184 g/mol. The molecule has 1 unspecified atom stereocenters. The fourth-order valence-corrected chi connectivity index (χ4v) is 1.67. The zero-order valence-corrected chi connectivity index (χ0v) is 9.77. The highest BCUT2D eigenvalue weighted by Crippen LogP contribution is 2.22. The monoisotopic (exact) mass is 204 g/mol. The van der Waals surface area contributed by atoms with Crippen molar-refractivity contribution in [2.24, 2.45) is 5.92 Å². The average molecular weight is 204 g/mol. The third-order valence-corrected chi connectivity index (χ3v) is 2.22. The second kappa shape index (κ2) is 5.72. The van der Waals surface area contributed by atoms with Crippen molar-refractivity contribution in [3.8, 4) is 0 Å². The van der Waals surface area contributed by atoms with Gasteiger partial charge in [0.2, 0.25) is 0 Å². The fourth-order valence-electron chi connectivity index (χ4n) is 1.67. The van der Waals surface area contributed by atoms with Crippen LogP contribution in [-0.4, -0.2) is 11.2 Å². The largest absolute Gasteiger partial charge is 0.389 e. The van der Waals surface area contributed by atoms with Gasteiger partial charge in [-0.25, -0.2) is 0 Å². The highest BCUT2D eigenvalue weighted by molar-refractivity contribution is 5.65. The van der Waals surface area contributed by atoms with Gasteiger partial charge < -0.3 is 5.11 Å². The zero-order valence-electron chi connectivity index (χ0n) is 9.77. The van der Waals surface area contributed by atoms with E-state index in [2.05, 4.69) is 26.0 Å². The van der Waals surface area contributed by atoms with Gasteiger partial charge in [-0.15, -0.1) is 0 Å². The predicted molar refractivity (Wildman–Crippen MR) is 65.6 cm³/mol. The highest BCUT2D eigenvalue weighted by atomic mass is 16.3. The topological polar surface area (TPSA) is 20.2 Å². The summed E-state index contributed by atoms with van der Waals surface area (Å²) < 4.78 is 0. The summed E-state index contributed by atoms with van der Waals surface area (Å²) in [5, 5.41) is 9.42. The highest BCUT2D eigenvalue weighted by Gasteiger charge is 2.05. The molecule has 1 nitrogen and oxygen atoms in total. The van der Waals surface area contributed by atoms with Gasteiger partial charge in [-0.1, -0.05) is 50.3 Å². The van der Waals surface area contributed by atoms with Crippen molar-refractivity contribution in [1.82, 2.24) is 0 Å². The van der Waals surface area contributed by atoms with E-state index in [1.54, 1.807) is 6.92 Å². The molecule has 0 saturated heterocycles. The number of rotatable bonds is 4. The van der Waals surface area contributed by atoms with Crippen molar-refractivity contribution < 1.29 is 5.11 Å². The molecule has 0 radical (unpaired) electrons. The summed E-state index contributed by atoms with van der Waals surface area (Å²) in [4.78, 5) is 0. The molecule has 0 aliphatic carbocycles. The lowest BCUT2D eigenvalue weighted by Crippen LogP contribution is -1.99. The molecule has 1 rings (SSSR count). The number of hydrogen-bond acceptors (Lipinski definition) is 1. The molecule has 0 saturated carbocycles. The summed E-state index contributed by atoms with van der Waals surface area (Å²) in [6.07, 6.45) is 2.57. The average Bonchev–Trinajstić information content (AvgIpc) is 2.17. The minimum atomic E-state index is -0.376. The summed E-state index contributed by atoms with van der Waals surface area (Å²) in [7, 11) is 0. The SMILES string of the molecule is CC(O)/C=C(/CC(C)C)c1ccccc1. The van der Waals surface area contributed by atoms with Crippen LogP contribution in [0.3, 0.4) is 0 Å². The van der Waals surface area contributed by atoms with E-state index in [0.717, 1.165) is 6.42 Å². The van der Waals surface area contributed by atoms with Crippen molar-refractivity contribution in [1.29, 1.82) is 0 Å². The van der Waals surface area contributed by atoms with Crippen LogP contribution in [-0.2, 0) is 0 Å². The molecule has 1 heteroatoms. The van der Waals surface area contributed by atoms with Gasteiger partial charge in [0.05, 0.1) is 6.10 Å². The fraction of sp³-hybridized carbons (Fsp3) is 0.429. The van der Waals surface area contributed by atoms with E-state index in [1.807, 2.05) is 24.3 Å². The maximum Gasteiger partial charge on any atom is 0.0698 e. The third kappa shape index (κ3) is 4.30. The van der Waals surface area contributed by atoms with E-state index in [9.17, 15) is 5.11 Å². The van der Waals surface area contributed by atoms with Crippen LogP contribution >= 0.6 is 0 Å². The number of aliphatic hydroxyl groups is 1. The molecule has 0 aliphatic rings. The molecule has 0 amide bonds. The molecule has 0 heterocycles. The number of benzene rings is 1. The van der Waals surface area contributed by atoms with Gasteiger partial charge in [0.25, 0.3) is 0 Å². The molecule has 82 valence electrons. The van der Waals surface area contributed by atoms with Crippen molar-refractivity contribution in [3.63, 3.8) is 0 Å². The molecule has 0 bridgehead atoms. The third-order valence-electron chi connectivity index (χ3n) is 2.22.